The van der Waals surface area contributed by atoms with E-state index in [2.05, 4.69) is 11.2 Å². The van der Waals surface area contributed by atoms with Crippen molar-refractivity contribution in [3.8, 4) is 12.3 Å². The maximum Gasteiger partial charge on any atom is 0.0661 e. The Hall–Kier alpha value is -0.490. The van der Waals surface area contributed by atoms with Crippen LogP contribution in [0.25, 0.3) is 0 Å². The summed E-state index contributed by atoms with van der Waals surface area (Å²) in [5.41, 5.74) is 0. The van der Waals surface area contributed by atoms with Crippen LogP contribution in [0.2, 0.25) is 5.02 Å². The Kier molecular flexibility index (Phi) is 3.61. The van der Waals surface area contributed by atoms with E-state index >= 15 is 0 Å². The zero-order valence-electron chi connectivity index (χ0n) is 6.80. The maximum atomic E-state index is 5.89. The van der Waals surface area contributed by atoms with Gasteiger partial charge < -0.3 is 0 Å². The molecule has 0 spiro atoms. The Labute approximate surface area is 81.7 Å². The Bertz CT molecular complexity index is 287. The van der Waals surface area contributed by atoms with Gasteiger partial charge in [-0.3, -0.25) is 5.32 Å². The third kappa shape index (κ3) is 2.53. The molecule has 64 valence electrons. The van der Waals surface area contributed by atoms with Crippen molar-refractivity contribution in [1.82, 2.24) is 5.32 Å². The van der Waals surface area contributed by atoms with Gasteiger partial charge in [-0.05, 0) is 18.4 Å². The summed E-state index contributed by atoms with van der Waals surface area (Å²) in [6.45, 7) is 2.70. The first-order chi connectivity index (χ1) is 5.74. The van der Waals surface area contributed by atoms with Crippen molar-refractivity contribution in [2.75, 3.05) is 0 Å². The first kappa shape index (κ1) is 9.60. The van der Waals surface area contributed by atoms with Gasteiger partial charge in [0.1, 0.15) is 0 Å². The van der Waals surface area contributed by atoms with E-state index in [9.17, 15) is 0 Å². The second-order valence-electron chi connectivity index (χ2n) is 2.46. The fraction of sp³-hybridized carbons (Fsp3) is 0.333. The maximum absolute atomic E-state index is 5.89. The Morgan fingerprint density at radius 1 is 1.83 bits per heavy atom. The van der Waals surface area contributed by atoms with Gasteiger partial charge in [-0.1, -0.05) is 17.5 Å². The van der Waals surface area contributed by atoms with Gasteiger partial charge in [0.05, 0.1) is 11.1 Å². The van der Waals surface area contributed by atoms with Crippen molar-refractivity contribution in [3.05, 3.63) is 21.3 Å². The molecule has 3 heteroatoms. The summed E-state index contributed by atoms with van der Waals surface area (Å²) in [6.07, 6.45) is 5.21. The van der Waals surface area contributed by atoms with E-state index in [-0.39, 0.29) is 6.04 Å². The molecular weight excluding hydrogens is 190 g/mol. The summed E-state index contributed by atoms with van der Waals surface area (Å²) in [5, 5.41) is 5.95. The SMILES string of the molecule is C#CC(C)NCc1sccc1Cl. The van der Waals surface area contributed by atoms with Crippen LogP contribution in [0.1, 0.15) is 11.8 Å². The smallest absolute Gasteiger partial charge is 0.0661 e. The van der Waals surface area contributed by atoms with Crippen LogP contribution in [0.4, 0.5) is 0 Å². The molecule has 1 nitrogen and oxygen atoms in total. The van der Waals surface area contributed by atoms with Crippen molar-refractivity contribution in [2.24, 2.45) is 0 Å². The van der Waals surface area contributed by atoms with Crippen LogP contribution in [0.5, 0.6) is 0 Å². The van der Waals surface area contributed by atoms with Crippen molar-refractivity contribution < 1.29 is 0 Å². The highest BCUT2D eigenvalue weighted by Gasteiger charge is 2.02. The lowest BCUT2D eigenvalue weighted by atomic mass is 10.3. The topological polar surface area (TPSA) is 12.0 Å². The van der Waals surface area contributed by atoms with E-state index in [1.807, 2.05) is 18.4 Å². The monoisotopic (exact) mass is 199 g/mol. The molecule has 1 rings (SSSR count). The lowest BCUT2D eigenvalue weighted by Gasteiger charge is -2.05. The molecule has 1 heterocycles. The summed E-state index contributed by atoms with van der Waals surface area (Å²) >= 11 is 7.52. The number of hydrogen-bond acceptors (Lipinski definition) is 2. The van der Waals surface area contributed by atoms with Gasteiger partial charge >= 0.3 is 0 Å². The van der Waals surface area contributed by atoms with Crippen molar-refractivity contribution >= 4 is 22.9 Å². The molecule has 0 saturated carbocycles. The summed E-state index contributed by atoms with van der Waals surface area (Å²) in [7, 11) is 0. The van der Waals surface area contributed by atoms with Gasteiger partial charge in [-0.15, -0.1) is 17.8 Å². The highest BCUT2D eigenvalue weighted by Crippen LogP contribution is 2.21. The minimum absolute atomic E-state index is 0.100. The van der Waals surface area contributed by atoms with Crippen molar-refractivity contribution in [3.63, 3.8) is 0 Å². The summed E-state index contributed by atoms with van der Waals surface area (Å²) in [5.74, 6) is 2.60. The van der Waals surface area contributed by atoms with Gasteiger partial charge in [0.25, 0.3) is 0 Å². The second kappa shape index (κ2) is 4.51. The molecule has 1 unspecified atom stereocenters. The average Bonchev–Trinajstić information content (AvgIpc) is 2.47. The van der Waals surface area contributed by atoms with Crippen molar-refractivity contribution in [1.29, 1.82) is 0 Å². The van der Waals surface area contributed by atoms with E-state index in [0.29, 0.717) is 0 Å². The fourth-order valence-electron chi connectivity index (χ4n) is 0.756. The van der Waals surface area contributed by atoms with Gasteiger partial charge in [-0.2, -0.15) is 0 Å². The predicted octanol–water partition coefficient (Wildman–Crippen LogP) is 2.51. The molecule has 0 fully saturated rings. The number of thiophene rings is 1. The number of rotatable bonds is 3. The summed E-state index contributed by atoms with van der Waals surface area (Å²) in [6, 6.07) is 1.99. The Morgan fingerprint density at radius 3 is 3.08 bits per heavy atom. The molecular formula is C9H10ClNS. The predicted molar refractivity (Wildman–Crippen MR) is 54.5 cm³/mol. The fourth-order valence-corrected chi connectivity index (χ4v) is 1.81. The molecule has 0 amide bonds. The zero-order chi connectivity index (χ0) is 8.97. The molecule has 1 N–H and O–H groups in total. The van der Waals surface area contributed by atoms with Crippen LogP contribution >= 0.6 is 22.9 Å². The van der Waals surface area contributed by atoms with Gasteiger partial charge in [-0.25, -0.2) is 0 Å². The van der Waals surface area contributed by atoms with Crippen LogP contribution in [-0.4, -0.2) is 6.04 Å². The Balaban J connectivity index is 2.44. The molecule has 1 aromatic heterocycles. The standard InChI is InChI=1S/C9H10ClNS/c1-3-7(2)11-6-9-8(10)4-5-12-9/h1,4-5,7,11H,6H2,2H3. The number of terminal acetylenes is 1. The molecule has 0 aliphatic rings. The van der Waals surface area contributed by atoms with Crippen LogP contribution in [0.15, 0.2) is 11.4 Å². The van der Waals surface area contributed by atoms with Crippen molar-refractivity contribution in [2.45, 2.75) is 19.5 Å². The van der Waals surface area contributed by atoms with Crippen LogP contribution in [0, 0.1) is 12.3 Å². The van der Waals surface area contributed by atoms with Gasteiger partial charge in [0.2, 0.25) is 0 Å². The number of hydrogen-bond donors (Lipinski definition) is 1. The lowest BCUT2D eigenvalue weighted by molar-refractivity contribution is 0.654. The third-order valence-corrected chi connectivity index (χ3v) is 2.90. The van der Waals surface area contributed by atoms with E-state index in [0.717, 1.165) is 16.4 Å². The minimum Gasteiger partial charge on any atom is -0.299 e. The molecule has 0 radical (unpaired) electrons. The number of nitrogens with one attached hydrogen (secondary N) is 1. The summed E-state index contributed by atoms with van der Waals surface area (Å²) in [4.78, 5) is 1.14. The highest BCUT2D eigenvalue weighted by molar-refractivity contribution is 7.10. The summed E-state index contributed by atoms with van der Waals surface area (Å²) < 4.78 is 0. The Morgan fingerprint density at radius 2 is 2.58 bits per heavy atom. The first-order valence-electron chi connectivity index (χ1n) is 3.65. The average molecular weight is 200 g/mol. The highest BCUT2D eigenvalue weighted by atomic mass is 35.5. The molecule has 0 bridgehead atoms. The van der Waals surface area contributed by atoms with Crippen LogP contribution < -0.4 is 5.32 Å². The lowest BCUT2D eigenvalue weighted by Crippen LogP contribution is -2.23. The number of halogens is 1. The van der Waals surface area contributed by atoms with Gasteiger partial charge in [0.15, 0.2) is 0 Å². The minimum atomic E-state index is 0.100. The molecule has 0 saturated heterocycles. The molecule has 0 aliphatic heterocycles. The van der Waals surface area contributed by atoms with E-state index < -0.39 is 0 Å². The molecule has 1 aromatic rings. The van der Waals surface area contributed by atoms with Crippen LogP contribution in [-0.2, 0) is 6.54 Å². The van der Waals surface area contributed by atoms with E-state index in [1.54, 1.807) is 11.3 Å². The van der Waals surface area contributed by atoms with E-state index in [4.69, 9.17) is 18.0 Å². The molecule has 1 atom stereocenters. The molecule has 0 aromatic carbocycles. The van der Waals surface area contributed by atoms with Crippen LogP contribution in [0.3, 0.4) is 0 Å². The second-order valence-corrected chi connectivity index (χ2v) is 3.87. The van der Waals surface area contributed by atoms with E-state index in [1.165, 1.54) is 0 Å². The zero-order valence-corrected chi connectivity index (χ0v) is 8.38. The third-order valence-electron chi connectivity index (χ3n) is 1.51. The quantitative estimate of drug-likeness (QED) is 0.738. The van der Waals surface area contributed by atoms with Gasteiger partial charge in [0, 0.05) is 11.4 Å². The molecule has 12 heavy (non-hydrogen) atoms. The first-order valence-corrected chi connectivity index (χ1v) is 4.91. The largest absolute Gasteiger partial charge is 0.299 e. The normalized spacial score (nSPS) is 12.4. The molecule has 0 aliphatic carbocycles.